The number of aromatic amines is 1. The van der Waals surface area contributed by atoms with Crippen molar-refractivity contribution in [2.75, 3.05) is 13.1 Å². The van der Waals surface area contributed by atoms with Gasteiger partial charge in [-0.2, -0.15) is 0 Å². The van der Waals surface area contributed by atoms with Crippen molar-refractivity contribution in [1.29, 1.82) is 0 Å². The van der Waals surface area contributed by atoms with Gasteiger partial charge in [-0.1, -0.05) is 12.1 Å². The van der Waals surface area contributed by atoms with E-state index in [1.165, 1.54) is 0 Å². The highest BCUT2D eigenvalue weighted by atomic mass is 32.2. The van der Waals surface area contributed by atoms with E-state index in [0.717, 1.165) is 18.5 Å². The fourth-order valence-electron chi connectivity index (χ4n) is 2.09. The summed E-state index contributed by atoms with van der Waals surface area (Å²) >= 11 is 0. The molecule has 1 aromatic heterocycles. The standard InChI is InChI=1S/C11H14N4O2S/c16-18(17,15-8-5-6-12-7-8)11-13-9-3-1-2-4-10(9)14-11/h1-4,8,12,15H,5-7H2,(H,13,14)/t8-/m0/s1. The van der Waals surface area contributed by atoms with Crippen molar-refractivity contribution in [2.24, 2.45) is 0 Å². The first-order valence-corrected chi connectivity index (χ1v) is 7.31. The quantitative estimate of drug-likeness (QED) is 0.741. The minimum absolute atomic E-state index is 0.0180. The van der Waals surface area contributed by atoms with Gasteiger partial charge in [0.15, 0.2) is 0 Å². The van der Waals surface area contributed by atoms with Crippen LogP contribution in [-0.2, 0) is 10.0 Å². The van der Waals surface area contributed by atoms with Gasteiger partial charge in [-0.25, -0.2) is 18.1 Å². The number of hydrogen-bond acceptors (Lipinski definition) is 4. The van der Waals surface area contributed by atoms with Crippen LogP contribution in [0.5, 0.6) is 0 Å². The van der Waals surface area contributed by atoms with Crippen LogP contribution in [0.2, 0.25) is 0 Å². The Balaban J connectivity index is 1.92. The highest BCUT2D eigenvalue weighted by Crippen LogP contribution is 2.14. The topological polar surface area (TPSA) is 86.9 Å². The maximum atomic E-state index is 12.1. The summed E-state index contributed by atoms with van der Waals surface area (Å²) < 4.78 is 26.9. The van der Waals surface area contributed by atoms with E-state index in [-0.39, 0.29) is 11.2 Å². The summed E-state index contributed by atoms with van der Waals surface area (Å²) in [5, 5.41) is 3.10. The minimum Gasteiger partial charge on any atom is -0.328 e. The van der Waals surface area contributed by atoms with Gasteiger partial charge >= 0.3 is 0 Å². The van der Waals surface area contributed by atoms with Crippen LogP contribution in [0.4, 0.5) is 0 Å². The lowest BCUT2D eigenvalue weighted by Gasteiger charge is -2.09. The third-order valence-corrected chi connectivity index (χ3v) is 4.35. The summed E-state index contributed by atoms with van der Waals surface area (Å²) in [5.41, 5.74) is 1.38. The van der Waals surface area contributed by atoms with Crippen LogP contribution in [-0.4, -0.2) is 37.5 Å². The van der Waals surface area contributed by atoms with Gasteiger partial charge < -0.3 is 10.3 Å². The molecule has 0 radical (unpaired) electrons. The number of hydrogen-bond donors (Lipinski definition) is 3. The number of sulfonamides is 1. The van der Waals surface area contributed by atoms with Gasteiger partial charge in [-0.15, -0.1) is 0 Å². The molecule has 0 aliphatic carbocycles. The Kier molecular flexibility index (Phi) is 2.81. The number of benzene rings is 1. The number of aromatic nitrogens is 2. The summed E-state index contributed by atoms with van der Waals surface area (Å²) in [5.74, 6) is 0. The van der Waals surface area contributed by atoms with Crippen molar-refractivity contribution in [3.63, 3.8) is 0 Å². The molecule has 3 N–H and O–H groups in total. The number of fused-ring (bicyclic) bond motifs is 1. The Morgan fingerprint density at radius 3 is 2.89 bits per heavy atom. The van der Waals surface area contributed by atoms with Crippen molar-refractivity contribution in [3.05, 3.63) is 24.3 Å². The number of para-hydroxylation sites is 2. The molecule has 0 bridgehead atoms. The van der Waals surface area contributed by atoms with Gasteiger partial charge in [0, 0.05) is 12.6 Å². The van der Waals surface area contributed by atoms with Crippen LogP contribution in [0.15, 0.2) is 29.4 Å². The first-order valence-electron chi connectivity index (χ1n) is 5.83. The van der Waals surface area contributed by atoms with Gasteiger partial charge in [0.05, 0.1) is 11.0 Å². The van der Waals surface area contributed by atoms with Gasteiger partial charge in [0.1, 0.15) is 0 Å². The second-order valence-corrected chi connectivity index (χ2v) is 6.00. The maximum Gasteiger partial charge on any atom is 0.274 e. The molecule has 1 aliphatic heterocycles. The van der Waals surface area contributed by atoms with E-state index in [0.29, 0.717) is 12.1 Å². The average Bonchev–Trinajstić information content (AvgIpc) is 2.96. The molecule has 1 aromatic carbocycles. The summed E-state index contributed by atoms with van der Waals surface area (Å²) in [6, 6.07) is 7.20. The number of nitrogens with one attached hydrogen (secondary N) is 3. The third kappa shape index (κ3) is 2.12. The summed E-state index contributed by atoms with van der Waals surface area (Å²) in [6.07, 6.45) is 0.805. The van der Waals surface area contributed by atoms with Gasteiger partial charge in [0.25, 0.3) is 10.0 Å². The minimum atomic E-state index is -3.56. The fourth-order valence-corrected chi connectivity index (χ4v) is 3.30. The summed E-state index contributed by atoms with van der Waals surface area (Å²) in [6.45, 7) is 1.51. The van der Waals surface area contributed by atoms with Crippen molar-refractivity contribution in [1.82, 2.24) is 20.0 Å². The third-order valence-electron chi connectivity index (χ3n) is 3.00. The zero-order valence-corrected chi connectivity index (χ0v) is 10.5. The Labute approximate surface area is 105 Å². The lowest BCUT2D eigenvalue weighted by atomic mass is 10.3. The summed E-state index contributed by atoms with van der Waals surface area (Å²) in [4.78, 5) is 6.93. The van der Waals surface area contributed by atoms with Crippen LogP contribution in [0.1, 0.15) is 6.42 Å². The molecule has 2 heterocycles. The van der Waals surface area contributed by atoms with Crippen LogP contribution >= 0.6 is 0 Å². The number of rotatable bonds is 3. The molecule has 96 valence electrons. The molecule has 0 saturated carbocycles. The van der Waals surface area contributed by atoms with E-state index in [2.05, 4.69) is 20.0 Å². The molecule has 0 unspecified atom stereocenters. The van der Waals surface area contributed by atoms with E-state index in [9.17, 15) is 8.42 Å². The summed E-state index contributed by atoms with van der Waals surface area (Å²) in [7, 11) is -3.56. The molecular formula is C11H14N4O2S. The smallest absolute Gasteiger partial charge is 0.274 e. The average molecular weight is 266 g/mol. The molecule has 1 fully saturated rings. The van der Waals surface area contributed by atoms with Gasteiger partial charge in [0.2, 0.25) is 5.16 Å². The van der Waals surface area contributed by atoms with E-state index < -0.39 is 10.0 Å². The first-order chi connectivity index (χ1) is 8.65. The molecule has 6 nitrogen and oxygen atoms in total. The van der Waals surface area contributed by atoms with E-state index >= 15 is 0 Å². The number of imidazole rings is 1. The molecule has 0 spiro atoms. The predicted octanol–water partition coefficient (Wildman–Crippen LogP) is 0.203. The lowest BCUT2D eigenvalue weighted by molar-refractivity contribution is 0.553. The first kappa shape index (κ1) is 11.6. The molecule has 1 aliphatic rings. The molecule has 7 heteroatoms. The van der Waals surface area contributed by atoms with E-state index in [4.69, 9.17) is 0 Å². The molecule has 3 rings (SSSR count). The van der Waals surface area contributed by atoms with Gasteiger partial charge in [-0.05, 0) is 25.1 Å². The van der Waals surface area contributed by atoms with E-state index in [1.54, 1.807) is 12.1 Å². The van der Waals surface area contributed by atoms with Crippen LogP contribution in [0, 0.1) is 0 Å². The second kappa shape index (κ2) is 4.34. The predicted molar refractivity (Wildman–Crippen MR) is 67.7 cm³/mol. The normalized spacial score (nSPS) is 20.6. The largest absolute Gasteiger partial charge is 0.328 e. The number of nitrogens with zero attached hydrogens (tertiary/aromatic N) is 1. The number of H-pyrrole nitrogens is 1. The van der Waals surface area contributed by atoms with Crippen molar-refractivity contribution >= 4 is 21.1 Å². The molecule has 18 heavy (non-hydrogen) atoms. The van der Waals surface area contributed by atoms with E-state index in [1.807, 2.05) is 12.1 Å². The molecular weight excluding hydrogens is 252 g/mol. The molecule has 1 saturated heterocycles. The highest BCUT2D eigenvalue weighted by molar-refractivity contribution is 7.89. The molecule has 2 aromatic rings. The SMILES string of the molecule is O=S(=O)(N[C@H]1CCNC1)c1nc2ccccc2[nH]1. The van der Waals surface area contributed by atoms with Crippen molar-refractivity contribution in [2.45, 2.75) is 17.6 Å². The lowest BCUT2D eigenvalue weighted by Crippen LogP contribution is -2.36. The Bertz CT molecular complexity index is 625. The molecule has 1 atom stereocenters. The highest BCUT2D eigenvalue weighted by Gasteiger charge is 2.25. The monoisotopic (exact) mass is 266 g/mol. The fraction of sp³-hybridized carbons (Fsp3) is 0.364. The van der Waals surface area contributed by atoms with Crippen LogP contribution in [0.3, 0.4) is 0 Å². The zero-order chi connectivity index (χ0) is 12.6. The van der Waals surface area contributed by atoms with Crippen LogP contribution < -0.4 is 10.0 Å². The van der Waals surface area contributed by atoms with Crippen molar-refractivity contribution in [3.8, 4) is 0 Å². The molecule has 0 amide bonds. The van der Waals surface area contributed by atoms with Gasteiger partial charge in [-0.3, -0.25) is 0 Å². The Hall–Kier alpha value is -1.44. The zero-order valence-electron chi connectivity index (χ0n) is 9.68. The maximum absolute atomic E-state index is 12.1. The Morgan fingerprint density at radius 2 is 2.17 bits per heavy atom. The second-order valence-electron chi connectivity index (χ2n) is 4.37. The van der Waals surface area contributed by atoms with Crippen molar-refractivity contribution < 1.29 is 8.42 Å². The van der Waals surface area contributed by atoms with Crippen LogP contribution in [0.25, 0.3) is 11.0 Å². The Morgan fingerprint density at radius 1 is 1.33 bits per heavy atom.